The Labute approximate surface area is 182 Å². The minimum absolute atomic E-state index is 0.0637. The molecule has 1 aliphatic carbocycles. The molecule has 1 aromatic carbocycles. The largest absolute Gasteiger partial charge is 0.491 e. The SMILES string of the molecule is CC1(C)CCC(COc2cccc(-c3cn([C@H]4C[C@@H](CO)C4)c4ncnc(N)c34)c2)O1. The smallest absolute Gasteiger partial charge is 0.146 e. The Bertz CT molecular complexity index is 1090. The van der Waals surface area contributed by atoms with Gasteiger partial charge in [-0.3, -0.25) is 0 Å². The van der Waals surface area contributed by atoms with Crippen molar-refractivity contribution in [1.29, 1.82) is 0 Å². The molecule has 2 aromatic heterocycles. The molecular formula is C24H30N4O3. The molecule has 0 spiro atoms. The molecular weight excluding hydrogens is 392 g/mol. The van der Waals surface area contributed by atoms with Crippen LogP contribution in [-0.2, 0) is 4.74 Å². The van der Waals surface area contributed by atoms with Gasteiger partial charge < -0.3 is 24.9 Å². The predicted octanol–water partition coefficient (Wildman–Crippen LogP) is 3.96. The highest BCUT2D eigenvalue weighted by Gasteiger charge is 2.33. The minimum atomic E-state index is -0.0637. The molecule has 1 aliphatic heterocycles. The van der Waals surface area contributed by atoms with Crippen molar-refractivity contribution >= 4 is 16.9 Å². The molecule has 1 saturated heterocycles. The fourth-order valence-corrected chi connectivity index (χ4v) is 4.82. The van der Waals surface area contributed by atoms with Crippen LogP contribution in [0.15, 0.2) is 36.8 Å². The van der Waals surface area contributed by atoms with Crippen molar-refractivity contribution in [2.45, 2.75) is 57.3 Å². The zero-order valence-electron chi connectivity index (χ0n) is 18.1. The fraction of sp³-hybridized carbons (Fsp3) is 0.500. The number of anilines is 1. The molecule has 1 unspecified atom stereocenters. The van der Waals surface area contributed by atoms with Crippen molar-refractivity contribution in [3.63, 3.8) is 0 Å². The van der Waals surface area contributed by atoms with Crippen LogP contribution in [0.2, 0.25) is 0 Å². The molecule has 3 N–H and O–H groups in total. The Balaban J connectivity index is 1.42. The minimum Gasteiger partial charge on any atom is -0.491 e. The van der Waals surface area contributed by atoms with Crippen molar-refractivity contribution in [2.24, 2.45) is 5.92 Å². The normalized spacial score (nSPS) is 24.9. The van der Waals surface area contributed by atoms with Crippen LogP contribution in [0.1, 0.15) is 45.6 Å². The number of benzene rings is 1. The van der Waals surface area contributed by atoms with Gasteiger partial charge in [0.1, 0.15) is 30.1 Å². The lowest BCUT2D eigenvalue weighted by atomic mass is 9.81. The van der Waals surface area contributed by atoms with Gasteiger partial charge in [-0.1, -0.05) is 12.1 Å². The van der Waals surface area contributed by atoms with Crippen molar-refractivity contribution in [1.82, 2.24) is 14.5 Å². The van der Waals surface area contributed by atoms with Gasteiger partial charge in [0.2, 0.25) is 0 Å². The van der Waals surface area contributed by atoms with E-state index in [4.69, 9.17) is 15.2 Å². The maximum Gasteiger partial charge on any atom is 0.146 e. The van der Waals surface area contributed by atoms with Crippen LogP contribution < -0.4 is 10.5 Å². The summed E-state index contributed by atoms with van der Waals surface area (Å²) in [5.74, 6) is 1.65. The third-order valence-electron chi connectivity index (χ3n) is 6.64. The van der Waals surface area contributed by atoms with E-state index in [0.717, 1.165) is 53.6 Å². The Morgan fingerprint density at radius 3 is 2.87 bits per heavy atom. The van der Waals surface area contributed by atoms with Gasteiger partial charge in [-0.2, -0.15) is 0 Å². The quantitative estimate of drug-likeness (QED) is 0.624. The van der Waals surface area contributed by atoms with Crippen molar-refractivity contribution in [3.8, 4) is 16.9 Å². The Hall–Kier alpha value is -2.64. The van der Waals surface area contributed by atoms with E-state index in [2.05, 4.69) is 40.6 Å². The summed E-state index contributed by atoms with van der Waals surface area (Å²) >= 11 is 0. The van der Waals surface area contributed by atoms with Crippen LogP contribution in [0.4, 0.5) is 5.82 Å². The molecule has 3 aromatic rings. The predicted molar refractivity (Wildman–Crippen MR) is 120 cm³/mol. The molecule has 0 amide bonds. The second kappa shape index (κ2) is 7.80. The standard InChI is InChI=1S/C24H30N4O3/c1-24(2)7-6-19(31-24)13-30-18-5-3-4-16(10-18)20-11-28(17-8-15(9-17)12-29)23-21(20)22(25)26-14-27-23/h3-5,10-11,14-15,17,19,29H,6-9,12-13H2,1-2H3,(H2,25,26,27)/t15-,17+,19?. The molecule has 7 heteroatoms. The van der Waals surface area contributed by atoms with Gasteiger partial charge in [-0.25, -0.2) is 9.97 Å². The molecule has 31 heavy (non-hydrogen) atoms. The van der Waals surface area contributed by atoms with Gasteiger partial charge in [-0.15, -0.1) is 0 Å². The highest BCUT2D eigenvalue weighted by Crippen LogP contribution is 2.43. The van der Waals surface area contributed by atoms with Gasteiger partial charge >= 0.3 is 0 Å². The first-order valence-corrected chi connectivity index (χ1v) is 11.1. The summed E-state index contributed by atoms with van der Waals surface area (Å²) in [6.45, 7) is 5.03. The van der Waals surface area contributed by atoms with Gasteiger partial charge in [-0.05, 0) is 63.1 Å². The van der Waals surface area contributed by atoms with E-state index in [1.165, 1.54) is 6.33 Å². The number of aliphatic hydroxyl groups is 1. The highest BCUT2D eigenvalue weighted by molar-refractivity contribution is 6.00. The molecule has 0 bridgehead atoms. The number of aliphatic hydroxyl groups excluding tert-OH is 1. The molecule has 2 aliphatic rings. The molecule has 1 saturated carbocycles. The molecule has 1 atom stereocenters. The Morgan fingerprint density at radius 2 is 2.13 bits per heavy atom. The second-order valence-corrected chi connectivity index (χ2v) is 9.46. The monoisotopic (exact) mass is 422 g/mol. The number of ether oxygens (including phenoxy) is 2. The molecule has 7 nitrogen and oxygen atoms in total. The number of hydrogen-bond donors (Lipinski definition) is 2. The van der Waals surface area contributed by atoms with Crippen molar-refractivity contribution < 1.29 is 14.6 Å². The molecule has 5 rings (SSSR count). The summed E-state index contributed by atoms with van der Waals surface area (Å²) in [7, 11) is 0. The zero-order valence-corrected chi connectivity index (χ0v) is 18.1. The van der Waals surface area contributed by atoms with E-state index in [1.807, 2.05) is 18.2 Å². The van der Waals surface area contributed by atoms with E-state index in [-0.39, 0.29) is 18.3 Å². The Kier molecular flexibility index (Phi) is 5.10. The molecule has 3 heterocycles. The average molecular weight is 423 g/mol. The first kappa shape index (κ1) is 20.3. The van der Waals surface area contributed by atoms with Gasteiger partial charge in [0.05, 0.1) is 17.1 Å². The first-order valence-electron chi connectivity index (χ1n) is 11.1. The molecule has 0 radical (unpaired) electrons. The lowest BCUT2D eigenvalue weighted by Crippen LogP contribution is -2.28. The number of aromatic nitrogens is 3. The maximum atomic E-state index is 9.40. The first-order chi connectivity index (χ1) is 14.9. The molecule has 164 valence electrons. The maximum absolute atomic E-state index is 9.40. The van der Waals surface area contributed by atoms with Gasteiger partial charge in [0.25, 0.3) is 0 Å². The summed E-state index contributed by atoms with van der Waals surface area (Å²) in [5, 5.41) is 10.3. The van der Waals surface area contributed by atoms with Crippen LogP contribution in [0.25, 0.3) is 22.2 Å². The number of nitrogen functional groups attached to an aromatic ring is 1. The van der Waals surface area contributed by atoms with Gasteiger partial charge in [0.15, 0.2) is 0 Å². The van der Waals surface area contributed by atoms with Crippen molar-refractivity contribution in [3.05, 3.63) is 36.8 Å². The highest BCUT2D eigenvalue weighted by atomic mass is 16.6. The number of nitrogens with zero attached hydrogens (tertiary/aromatic N) is 3. The fourth-order valence-electron chi connectivity index (χ4n) is 4.82. The molecule has 2 fully saturated rings. The van der Waals surface area contributed by atoms with E-state index < -0.39 is 0 Å². The number of nitrogens with two attached hydrogens (primary N) is 1. The number of rotatable bonds is 6. The van der Waals surface area contributed by atoms with Crippen LogP contribution >= 0.6 is 0 Å². The summed E-state index contributed by atoms with van der Waals surface area (Å²) in [4.78, 5) is 8.76. The second-order valence-electron chi connectivity index (χ2n) is 9.46. The third-order valence-corrected chi connectivity index (χ3v) is 6.64. The summed E-state index contributed by atoms with van der Waals surface area (Å²) in [5.41, 5.74) is 9.08. The van der Waals surface area contributed by atoms with Crippen molar-refractivity contribution in [2.75, 3.05) is 18.9 Å². The van der Waals surface area contributed by atoms with Gasteiger partial charge in [0, 0.05) is 24.4 Å². The number of hydrogen-bond acceptors (Lipinski definition) is 6. The van der Waals surface area contributed by atoms with Crippen LogP contribution in [-0.4, -0.2) is 44.6 Å². The van der Waals surface area contributed by atoms with E-state index in [1.54, 1.807) is 0 Å². The lowest BCUT2D eigenvalue weighted by Gasteiger charge is -2.35. The van der Waals surface area contributed by atoms with E-state index in [9.17, 15) is 5.11 Å². The van der Waals surface area contributed by atoms with Crippen LogP contribution in [0, 0.1) is 5.92 Å². The lowest BCUT2D eigenvalue weighted by molar-refractivity contribution is -0.0326. The summed E-state index contributed by atoms with van der Waals surface area (Å²) in [6.07, 6.45) is 7.73. The zero-order chi connectivity index (χ0) is 21.6. The topological polar surface area (TPSA) is 95.4 Å². The average Bonchev–Trinajstić information content (AvgIpc) is 3.27. The van der Waals surface area contributed by atoms with Crippen LogP contribution in [0.3, 0.4) is 0 Å². The summed E-state index contributed by atoms with van der Waals surface area (Å²) in [6, 6.07) is 8.40. The van der Waals surface area contributed by atoms with Crippen LogP contribution in [0.5, 0.6) is 5.75 Å². The third kappa shape index (κ3) is 3.88. The number of fused-ring (bicyclic) bond motifs is 1. The summed E-state index contributed by atoms with van der Waals surface area (Å²) < 4.78 is 14.3. The van der Waals surface area contributed by atoms with E-state index in [0.29, 0.717) is 24.4 Å². The van der Waals surface area contributed by atoms with E-state index >= 15 is 0 Å². The Morgan fingerprint density at radius 1 is 1.29 bits per heavy atom.